The first-order valence-corrected chi connectivity index (χ1v) is 6.37. The molecule has 0 spiro atoms. The highest BCUT2D eigenvalue weighted by Crippen LogP contribution is 2.09. The van der Waals surface area contributed by atoms with E-state index in [1.807, 2.05) is 0 Å². The number of hydrogen-bond donors (Lipinski definition) is 2. The Bertz CT molecular complexity index is 368. The number of ether oxygens (including phenoxy) is 1. The lowest BCUT2D eigenvalue weighted by molar-refractivity contribution is -0.145. The van der Waals surface area contributed by atoms with Crippen LogP contribution in [0.4, 0.5) is 0 Å². The van der Waals surface area contributed by atoms with Crippen LogP contribution < -0.4 is 10.6 Å². The van der Waals surface area contributed by atoms with Gasteiger partial charge in [0.25, 0.3) is 0 Å². The molecule has 1 fully saturated rings. The molecule has 0 aliphatic carbocycles. The first-order valence-electron chi connectivity index (χ1n) is 6.37. The number of carbonyl (C=O) groups excluding carboxylic acids is 3. The molecule has 0 bridgehead atoms. The lowest BCUT2D eigenvalue weighted by Crippen LogP contribution is -2.49. The molecule has 1 aliphatic rings. The zero-order chi connectivity index (χ0) is 14.3. The fraction of sp³-hybridized carbons (Fsp3) is 0.615. The number of esters is 1. The first-order chi connectivity index (χ1) is 9.08. The van der Waals surface area contributed by atoms with Gasteiger partial charge in [-0.2, -0.15) is 0 Å². The van der Waals surface area contributed by atoms with Crippen molar-refractivity contribution >= 4 is 17.8 Å². The van der Waals surface area contributed by atoms with Gasteiger partial charge in [0.2, 0.25) is 11.8 Å². The van der Waals surface area contributed by atoms with Gasteiger partial charge in [0.1, 0.15) is 12.1 Å². The Labute approximate surface area is 112 Å². The van der Waals surface area contributed by atoms with Gasteiger partial charge < -0.3 is 15.4 Å². The van der Waals surface area contributed by atoms with Gasteiger partial charge >= 0.3 is 5.97 Å². The maximum Gasteiger partial charge on any atom is 0.328 e. The zero-order valence-electron chi connectivity index (χ0n) is 11.1. The van der Waals surface area contributed by atoms with E-state index in [2.05, 4.69) is 21.9 Å². The van der Waals surface area contributed by atoms with E-state index in [1.54, 1.807) is 6.08 Å². The third kappa shape index (κ3) is 4.73. The zero-order valence-corrected chi connectivity index (χ0v) is 11.1. The van der Waals surface area contributed by atoms with Gasteiger partial charge in [-0.1, -0.05) is 6.08 Å². The molecular formula is C13H20N2O4. The Morgan fingerprint density at radius 3 is 2.89 bits per heavy atom. The van der Waals surface area contributed by atoms with Crippen LogP contribution in [0.5, 0.6) is 0 Å². The highest BCUT2D eigenvalue weighted by atomic mass is 16.5. The standard InChI is InChI=1S/C13H20N2O4/c1-3-4-5-6-10(13(18)19-2)15-12(17)9-7-8-11(16)14-9/h3,9-10H,1,4-8H2,2H3,(H,14,16)(H,15,17)/t9-,10+/m0/s1. The first kappa shape index (κ1) is 15.2. The van der Waals surface area contributed by atoms with E-state index < -0.39 is 18.1 Å². The molecule has 1 rings (SSSR count). The second-order valence-electron chi connectivity index (χ2n) is 4.46. The summed E-state index contributed by atoms with van der Waals surface area (Å²) < 4.78 is 4.66. The largest absolute Gasteiger partial charge is 0.467 e. The molecule has 1 saturated heterocycles. The molecule has 0 aromatic carbocycles. The van der Waals surface area contributed by atoms with E-state index >= 15 is 0 Å². The van der Waals surface area contributed by atoms with Crippen molar-refractivity contribution in [2.75, 3.05) is 7.11 Å². The van der Waals surface area contributed by atoms with E-state index in [-0.39, 0.29) is 11.8 Å². The minimum Gasteiger partial charge on any atom is -0.467 e. The number of rotatable bonds is 7. The summed E-state index contributed by atoms with van der Waals surface area (Å²) in [7, 11) is 1.28. The second kappa shape index (κ2) is 7.56. The molecule has 2 atom stereocenters. The van der Waals surface area contributed by atoms with Crippen molar-refractivity contribution in [1.82, 2.24) is 10.6 Å². The van der Waals surface area contributed by atoms with Crippen LogP contribution in [0, 0.1) is 0 Å². The van der Waals surface area contributed by atoms with Crippen molar-refractivity contribution in [3.8, 4) is 0 Å². The summed E-state index contributed by atoms with van der Waals surface area (Å²) in [6.45, 7) is 3.60. The van der Waals surface area contributed by atoms with Crippen molar-refractivity contribution in [3.63, 3.8) is 0 Å². The molecule has 6 heteroatoms. The van der Waals surface area contributed by atoms with E-state index in [9.17, 15) is 14.4 Å². The summed E-state index contributed by atoms with van der Waals surface area (Å²) in [4.78, 5) is 34.5. The maximum absolute atomic E-state index is 11.9. The second-order valence-corrected chi connectivity index (χ2v) is 4.46. The Morgan fingerprint density at radius 1 is 1.63 bits per heavy atom. The van der Waals surface area contributed by atoms with Gasteiger partial charge in [-0.25, -0.2) is 4.79 Å². The van der Waals surface area contributed by atoms with Crippen LogP contribution in [0.2, 0.25) is 0 Å². The summed E-state index contributed by atoms with van der Waals surface area (Å²) in [6.07, 6.45) is 4.56. The lowest BCUT2D eigenvalue weighted by atomic mass is 10.1. The number of unbranched alkanes of at least 4 members (excludes halogenated alkanes) is 1. The smallest absolute Gasteiger partial charge is 0.328 e. The molecular weight excluding hydrogens is 248 g/mol. The normalized spacial score (nSPS) is 19.4. The van der Waals surface area contributed by atoms with Gasteiger partial charge in [-0.3, -0.25) is 9.59 Å². The molecule has 1 heterocycles. The van der Waals surface area contributed by atoms with Crippen LogP contribution in [0.3, 0.4) is 0 Å². The van der Waals surface area contributed by atoms with Crippen LogP contribution in [0.1, 0.15) is 32.1 Å². The summed E-state index contributed by atoms with van der Waals surface area (Å²) in [5.41, 5.74) is 0. The maximum atomic E-state index is 11.9. The van der Waals surface area contributed by atoms with E-state index in [0.717, 1.165) is 12.8 Å². The number of allylic oxidation sites excluding steroid dienone is 1. The number of hydrogen-bond acceptors (Lipinski definition) is 4. The van der Waals surface area contributed by atoms with Gasteiger partial charge in [0.05, 0.1) is 7.11 Å². The monoisotopic (exact) mass is 268 g/mol. The molecule has 0 aromatic rings. The van der Waals surface area contributed by atoms with Gasteiger partial charge in [-0.15, -0.1) is 6.58 Å². The minimum atomic E-state index is -0.671. The number of carbonyl (C=O) groups is 3. The number of nitrogens with one attached hydrogen (secondary N) is 2. The van der Waals surface area contributed by atoms with Crippen molar-refractivity contribution < 1.29 is 19.1 Å². The third-order valence-electron chi connectivity index (χ3n) is 3.02. The Hall–Kier alpha value is -1.85. The highest BCUT2D eigenvalue weighted by molar-refractivity contribution is 5.93. The Balaban J connectivity index is 2.50. The Kier molecular flexibility index (Phi) is 6.05. The van der Waals surface area contributed by atoms with Gasteiger partial charge in [-0.05, 0) is 25.7 Å². The van der Waals surface area contributed by atoms with Crippen LogP contribution >= 0.6 is 0 Å². The average Bonchev–Trinajstić information content (AvgIpc) is 2.83. The topological polar surface area (TPSA) is 84.5 Å². The molecule has 19 heavy (non-hydrogen) atoms. The van der Waals surface area contributed by atoms with E-state index in [1.165, 1.54) is 7.11 Å². The van der Waals surface area contributed by atoms with Crippen molar-refractivity contribution in [2.45, 2.75) is 44.2 Å². The fourth-order valence-electron chi connectivity index (χ4n) is 1.94. The third-order valence-corrected chi connectivity index (χ3v) is 3.02. The predicted molar refractivity (Wildman–Crippen MR) is 69.2 cm³/mol. The molecule has 2 amide bonds. The van der Waals surface area contributed by atoms with E-state index in [0.29, 0.717) is 19.3 Å². The lowest BCUT2D eigenvalue weighted by Gasteiger charge is -2.18. The van der Waals surface area contributed by atoms with Crippen molar-refractivity contribution in [1.29, 1.82) is 0 Å². The predicted octanol–water partition coefficient (Wildman–Crippen LogP) is 0.279. The molecule has 0 radical (unpaired) electrons. The average molecular weight is 268 g/mol. The summed E-state index contributed by atoms with van der Waals surface area (Å²) >= 11 is 0. The van der Waals surface area contributed by atoms with Crippen LogP contribution in [-0.4, -0.2) is 37.0 Å². The summed E-state index contributed by atoms with van der Waals surface area (Å²) in [5, 5.41) is 5.19. The van der Waals surface area contributed by atoms with E-state index in [4.69, 9.17) is 0 Å². The summed E-state index contributed by atoms with van der Waals surface area (Å²) in [6, 6.07) is -1.21. The minimum absolute atomic E-state index is 0.138. The SMILES string of the molecule is C=CCCC[C@@H](NC(=O)[C@@H]1CCC(=O)N1)C(=O)OC. The molecule has 0 aromatic heterocycles. The summed E-state index contributed by atoms with van der Waals surface area (Å²) in [5.74, 6) is -0.942. The number of amides is 2. The molecule has 0 saturated carbocycles. The molecule has 2 N–H and O–H groups in total. The molecule has 1 aliphatic heterocycles. The van der Waals surface area contributed by atoms with Crippen LogP contribution in [0.15, 0.2) is 12.7 Å². The quantitative estimate of drug-likeness (QED) is 0.394. The molecule has 0 unspecified atom stereocenters. The highest BCUT2D eigenvalue weighted by Gasteiger charge is 2.30. The Morgan fingerprint density at radius 2 is 2.37 bits per heavy atom. The van der Waals surface area contributed by atoms with Gasteiger partial charge in [0.15, 0.2) is 0 Å². The molecule has 6 nitrogen and oxygen atoms in total. The number of methoxy groups -OCH3 is 1. The van der Waals surface area contributed by atoms with Gasteiger partial charge in [0, 0.05) is 6.42 Å². The van der Waals surface area contributed by atoms with Crippen LogP contribution in [0.25, 0.3) is 0 Å². The fourth-order valence-corrected chi connectivity index (χ4v) is 1.94. The van der Waals surface area contributed by atoms with Crippen LogP contribution in [-0.2, 0) is 19.1 Å². The van der Waals surface area contributed by atoms with Crippen molar-refractivity contribution in [3.05, 3.63) is 12.7 Å². The molecule has 106 valence electrons. The van der Waals surface area contributed by atoms with Crippen molar-refractivity contribution in [2.24, 2.45) is 0 Å².